The Morgan fingerprint density at radius 3 is 2.40 bits per heavy atom. The third-order valence-electron chi connectivity index (χ3n) is 2.83. The first-order valence-corrected chi connectivity index (χ1v) is 5.95. The van der Waals surface area contributed by atoms with Crippen LogP contribution >= 0.6 is 0 Å². The lowest BCUT2D eigenvalue weighted by Gasteiger charge is -2.32. The third-order valence-corrected chi connectivity index (χ3v) is 2.83. The van der Waals surface area contributed by atoms with E-state index in [9.17, 15) is 0 Å². The smallest absolute Gasteiger partial charge is 0.0480 e. The minimum atomic E-state index is 0.349. The molecule has 0 aromatic rings. The standard InChI is InChI=1S/C12H26N2O/c1-12(2,10-14(3)4)9-13-11-5-7-15-8-6-11/h11,13H,5-10H2,1-4H3. The second-order valence-corrected chi connectivity index (χ2v) is 5.67. The van der Waals surface area contributed by atoms with Crippen LogP contribution in [0.1, 0.15) is 26.7 Å². The van der Waals surface area contributed by atoms with Crippen molar-refractivity contribution in [2.45, 2.75) is 32.7 Å². The molecule has 1 saturated heterocycles. The second-order valence-electron chi connectivity index (χ2n) is 5.67. The van der Waals surface area contributed by atoms with E-state index in [0.29, 0.717) is 11.5 Å². The van der Waals surface area contributed by atoms with Crippen LogP contribution in [-0.2, 0) is 4.74 Å². The van der Waals surface area contributed by atoms with Crippen molar-refractivity contribution in [3.63, 3.8) is 0 Å². The van der Waals surface area contributed by atoms with Crippen molar-refractivity contribution < 1.29 is 4.74 Å². The van der Waals surface area contributed by atoms with Gasteiger partial charge in [-0.2, -0.15) is 0 Å². The number of nitrogens with one attached hydrogen (secondary N) is 1. The maximum Gasteiger partial charge on any atom is 0.0480 e. The van der Waals surface area contributed by atoms with E-state index in [2.05, 4.69) is 38.2 Å². The van der Waals surface area contributed by atoms with E-state index in [0.717, 1.165) is 39.1 Å². The van der Waals surface area contributed by atoms with Gasteiger partial charge < -0.3 is 15.0 Å². The van der Waals surface area contributed by atoms with Crippen molar-refractivity contribution in [3.8, 4) is 0 Å². The molecular weight excluding hydrogens is 188 g/mol. The minimum Gasteiger partial charge on any atom is -0.381 e. The first kappa shape index (κ1) is 12.9. The molecule has 1 N–H and O–H groups in total. The lowest BCUT2D eigenvalue weighted by atomic mass is 9.92. The maximum atomic E-state index is 5.35. The highest BCUT2D eigenvalue weighted by Gasteiger charge is 2.21. The van der Waals surface area contributed by atoms with E-state index < -0.39 is 0 Å². The van der Waals surface area contributed by atoms with Gasteiger partial charge in [0.15, 0.2) is 0 Å². The molecule has 1 aliphatic rings. The molecule has 0 aromatic carbocycles. The van der Waals surface area contributed by atoms with Gasteiger partial charge in [0.1, 0.15) is 0 Å². The first-order valence-electron chi connectivity index (χ1n) is 5.95. The van der Waals surface area contributed by atoms with Gasteiger partial charge in [-0.15, -0.1) is 0 Å². The number of ether oxygens (including phenoxy) is 1. The van der Waals surface area contributed by atoms with E-state index in [1.54, 1.807) is 0 Å². The summed E-state index contributed by atoms with van der Waals surface area (Å²) in [5.74, 6) is 0. The Balaban J connectivity index is 2.21. The monoisotopic (exact) mass is 214 g/mol. The Hall–Kier alpha value is -0.120. The largest absolute Gasteiger partial charge is 0.381 e. The molecule has 1 fully saturated rings. The molecule has 90 valence electrons. The molecule has 3 nitrogen and oxygen atoms in total. The van der Waals surface area contributed by atoms with Crippen molar-refractivity contribution in [1.82, 2.24) is 10.2 Å². The van der Waals surface area contributed by atoms with E-state index in [4.69, 9.17) is 4.74 Å². The van der Waals surface area contributed by atoms with Crippen LogP contribution in [0.3, 0.4) is 0 Å². The van der Waals surface area contributed by atoms with Gasteiger partial charge in [0.2, 0.25) is 0 Å². The van der Waals surface area contributed by atoms with Crippen molar-refractivity contribution in [3.05, 3.63) is 0 Å². The van der Waals surface area contributed by atoms with Gasteiger partial charge in [0, 0.05) is 32.3 Å². The lowest BCUT2D eigenvalue weighted by Crippen LogP contribution is -2.43. The van der Waals surface area contributed by atoms with E-state index >= 15 is 0 Å². The summed E-state index contributed by atoms with van der Waals surface area (Å²) in [7, 11) is 4.27. The van der Waals surface area contributed by atoms with Gasteiger partial charge in [-0.1, -0.05) is 13.8 Å². The Kier molecular flexibility index (Phi) is 5.03. The van der Waals surface area contributed by atoms with Crippen molar-refractivity contribution in [2.24, 2.45) is 5.41 Å². The molecule has 0 aliphatic carbocycles. The normalized spacial score (nSPS) is 19.8. The fourth-order valence-electron chi connectivity index (χ4n) is 2.23. The Bertz CT molecular complexity index is 174. The SMILES string of the molecule is CN(C)CC(C)(C)CNC1CCOCC1. The van der Waals surface area contributed by atoms with E-state index in [1.165, 1.54) is 0 Å². The first-order chi connectivity index (χ1) is 6.99. The highest BCUT2D eigenvalue weighted by atomic mass is 16.5. The van der Waals surface area contributed by atoms with Crippen LogP contribution in [0.5, 0.6) is 0 Å². The van der Waals surface area contributed by atoms with Gasteiger partial charge in [-0.3, -0.25) is 0 Å². The zero-order valence-corrected chi connectivity index (χ0v) is 10.7. The van der Waals surface area contributed by atoms with Crippen LogP contribution in [0, 0.1) is 5.41 Å². The van der Waals surface area contributed by atoms with Gasteiger partial charge in [-0.25, -0.2) is 0 Å². The predicted molar refractivity (Wildman–Crippen MR) is 64.2 cm³/mol. The average Bonchev–Trinajstić information content (AvgIpc) is 2.15. The molecule has 3 heteroatoms. The van der Waals surface area contributed by atoms with Gasteiger partial charge in [0.25, 0.3) is 0 Å². The average molecular weight is 214 g/mol. The minimum absolute atomic E-state index is 0.349. The highest BCUT2D eigenvalue weighted by molar-refractivity contribution is 4.78. The third kappa shape index (κ3) is 5.50. The van der Waals surface area contributed by atoms with Crippen LogP contribution < -0.4 is 5.32 Å². The topological polar surface area (TPSA) is 24.5 Å². The molecule has 0 radical (unpaired) electrons. The molecule has 0 atom stereocenters. The van der Waals surface area contributed by atoms with E-state index in [1.807, 2.05) is 0 Å². The zero-order chi connectivity index (χ0) is 11.3. The molecule has 0 saturated carbocycles. The van der Waals surface area contributed by atoms with Gasteiger partial charge in [0.05, 0.1) is 0 Å². The van der Waals surface area contributed by atoms with Crippen molar-refractivity contribution in [2.75, 3.05) is 40.4 Å². The van der Waals surface area contributed by atoms with Crippen LogP contribution in [0.15, 0.2) is 0 Å². The summed E-state index contributed by atoms with van der Waals surface area (Å²) in [4.78, 5) is 2.26. The molecule has 0 amide bonds. The molecule has 0 aromatic heterocycles. The van der Waals surface area contributed by atoms with Crippen LogP contribution in [0.25, 0.3) is 0 Å². The molecule has 1 rings (SSSR count). The summed E-state index contributed by atoms with van der Waals surface area (Å²) < 4.78 is 5.35. The van der Waals surface area contributed by atoms with Gasteiger partial charge >= 0.3 is 0 Å². The quantitative estimate of drug-likeness (QED) is 0.747. The fourth-order valence-corrected chi connectivity index (χ4v) is 2.23. The molecule has 15 heavy (non-hydrogen) atoms. The highest BCUT2D eigenvalue weighted by Crippen LogP contribution is 2.16. The van der Waals surface area contributed by atoms with E-state index in [-0.39, 0.29) is 0 Å². The summed E-state index contributed by atoms with van der Waals surface area (Å²) in [6.07, 6.45) is 2.33. The molecule has 0 spiro atoms. The number of hydrogen-bond donors (Lipinski definition) is 1. The summed E-state index contributed by atoms with van der Waals surface area (Å²) >= 11 is 0. The molecule has 1 heterocycles. The second kappa shape index (κ2) is 5.83. The zero-order valence-electron chi connectivity index (χ0n) is 10.7. The number of hydrogen-bond acceptors (Lipinski definition) is 3. The lowest BCUT2D eigenvalue weighted by molar-refractivity contribution is 0.0740. The van der Waals surface area contributed by atoms with Crippen molar-refractivity contribution in [1.29, 1.82) is 0 Å². The Morgan fingerprint density at radius 2 is 1.87 bits per heavy atom. The Labute approximate surface area is 94.2 Å². The Morgan fingerprint density at radius 1 is 1.27 bits per heavy atom. The summed E-state index contributed by atoms with van der Waals surface area (Å²) in [6, 6.07) is 0.667. The van der Waals surface area contributed by atoms with Crippen LogP contribution in [-0.4, -0.2) is 51.3 Å². The summed E-state index contributed by atoms with van der Waals surface area (Å²) in [5, 5.41) is 3.66. The summed E-state index contributed by atoms with van der Waals surface area (Å²) in [5.41, 5.74) is 0.349. The predicted octanol–water partition coefficient (Wildman–Crippen LogP) is 1.34. The fraction of sp³-hybridized carbons (Fsp3) is 1.00. The summed E-state index contributed by atoms with van der Waals surface area (Å²) in [6.45, 7) is 8.70. The number of rotatable bonds is 5. The van der Waals surface area contributed by atoms with Crippen molar-refractivity contribution >= 4 is 0 Å². The van der Waals surface area contributed by atoms with Gasteiger partial charge in [-0.05, 0) is 32.4 Å². The van der Waals surface area contributed by atoms with Crippen LogP contribution in [0.2, 0.25) is 0 Å². The molecular formula is C12H26N2O. The number of nitrogens with zero attached hydrogens (tertiary/aromatic N) is 1. The molecule has 0 bridgehead atoms. The maximum absolute atomic E-state index is 5.35. The molecule has 0 unspecified atom stereocenters. The molecule has 1 aliphatic heterocycles. The van der Waals surface area contributed by atoms with Crippen LogP contribution in [0.4, 0.5) is 0 Å².